The van der Waals surface area contributed by atoms with Crippen molar-refractivity contribution >= 4 is 17.7 Å². The number of carboxylic acids is 1. The number of hydrogen-bond donors (Lipinski definition) is 3. The number of para-hydroxylation sites is 1. The van der Waals surface area contributed by atoms with Gasteiger partial charge in [-0.2, -0.15) is 0 Å². The first-order chi connectivity index (χ1) is 10.0. The molecule has 0 aromatic heterocycles. The van der Waals surface area contributed by atoms with Crippen molar-refractivity contribution in [2.75, 3.05) is 5.32 Å². The number of aryl methyl sites for hydroxylation is 1. The fraction of sp³-hybridized carbons (Fsp3) is 0.500. The molecule has 1 saturated carbocycles. The second kappa shape index (κ2) is 6.61. The summed E-state index contributed by atoms with van der Waals surface area (Å²) in [7, 11) is 0. The number of carbonyl (C=O) groups is 2. The van der Waals surface area contributed by atoms with Crippen LogP contribution < -0.4 is 10.6 Å². The van der Waals surface area contributed by atoms with Crippen LogP contribution >= 0.6 is 0 Å². The van der Waals surface area contributed by atoms with Crippen molar-refractivity contribution < 1.29 is 14.7 Å². The van der Waals surface area contributed by atoms with Gasteiger partial charge >= 0.3 is 12.0 Å². The zero-order valence-corrected chi connectivity index (χ0v) is 12.3. The normalized spacial score (nSPS) is 15.9. The van der Waals surface area contributed by atoms with Gasteiger partial charge in [0, 0.05) is 17.6 Å². The van der Waals surface area contributed by atoms with Gasteiger partial charge in [-0.15, -0.1) is 0 Å². The largest absolute Gasteiger partial charge is 0.481 e. The summed E-state index contributed by atoms with van der Waals surface area (Å²) in [6, 6.07) is 7.12. The lowest BCUT2D eigenvalue weighted by Crippen LogP contribution is -2.54. The topological polar surface area (TPSA) is 78.4 Å². The molecule has 1 aromatic carbocycles. The third-order valence-electron chi connectivity index (χ3n) is 4.24. The van der Waals surface area contributed by atoms with Crippen LogP contribution in [0.3, 0.4) is 0 Å². The van der Waals surface area contributed by atoms with Gasteiger partial charge in [0.1, 0.15) is 0 Å². The smallest absolute Gasteiger partial charge is 0.319 e. The van der Waals surface area contributed by atoms with E-state index in [1.54, 1.807) is 6.07 Å². The van der Waals surface area contributed by atoms with E-state index in [2.05, 4.69) is 17.6 Å². The predicted molar refractivity (Wildman–Crippen MR) is 81.4 cm³/mol. The van der Waals surface area contributed by atoms with Crippen LogP contribution in [0, 0.1) is 0 Å². The third-order valence-corrected chi connectivity index (χ3v) is 4.24. The molecule has 0 atom stereocenters. The third kappa shape index (κ3) is 3.97. The summed E-state index contributed by atoms with van der Waals surface area (Å²) < 4.78 is 0. The molecule has 3 N–H and O–H groups in total. The van der Waals surface area contributed by atoms with E-state index >= 15 is 0 Å². The molecule has 21 heavy (non-hydrogen) atoms. The van der Waals surface area contributed by atoms with Crippen molar-refractivity contribution in [2.45, 2.75) is 51.0 Å². The number of urea groups is 1. The number of carbonyl (C=O) groups excluding carboxylic acids is 1. The molecule has 0 unspecified atom stereocenters. The molecular formula is C16H22N2O3. The molecule has 114 valence electrons. The van der Waals surface area contributed by atoms with Gasteiger partial charge in [-0.3, -0.25) is 4.79 Å². The van der Waals surface area contributed by atoms with Crippen LogP contribution in [-0.4, -0.2) is 22.6 Å². The fourth-order valence-corrected chi connectivity index (χ4v) is 2.67. The maximum Gasteiger partial charge on any atom is 0.319 e. The van der Waals surface area contributed by atoms with E-state index in [0.29, 0.717) is 12.1 Å². The number of aliphatic carboxylic acids is 1. The monoisotopic (exact) mass is 290 g/mol. The maximum absolute atomic E-state index is 12.1. The van der Waals surface area contributed by atoms with Crippen LogP contribution in [0.5, 0.6) is 0 Å². The van der Waals surface area contributed by atoms with Gasteiger partial charge in [0.15, 0.2) is 0 Å². The minimum Gasteiger partial charge on any atom is -0.481 e. The average molecular weight is 290 g/mol. The molecule has 2 amide bonds. The number of anilines is 1. The highest BCUT2D eigenvalue weighted by Gasteiger charge is 2.36. The summed E-state index contributed by atoms with van der Waals surface area (Å²) >= 11 is 0. The molecule has 5 nitrogen and oxygen atoms in total. The van der Waals surface area contributed by atoms with Crippen molar-refractivity contribution in [2.24, 2.45) is 0 Å². The molecule has 0 heterocycles. The van der Waals surface area contributed by atoms with E-state index < -0.39 is 5.97 Å². The first-order valence-corrected chi connectivity index (χ1v) is 7.43. The highest BCUT2D eigenvalue weighted by molar-refractivity contribution is 5.90. The Morgan fingerprint density at radius 3 is 2.57 bits per heavy atom. The Balaban J connectivity index is 1.98. The second-order valence-electron chi connectivity index (χ2n) is 5.62. The van der Waals surface area contributed by atoms with E-state index in [0.717, 1.165) is 31.2 Å². The molecule has 1 aliphatic rings. The zero-order valence-electron chi connectivity index (χ0n) is 12.3. The van der Waals surface area contributed by atoms with Crippen LogP contribution in [0.1, 0.15) is 44.6 Å². The summed E-state index contributed by atoms with van der Waals surface area (Å²) in [5, 5.41) is 14.7. The van der Waals surface area contributed by atoms with Gasteiger partial charge in [-0.1, -0.05) is 25.1 Å². The summed E-state index contributed by atoms with van der Waals surface area (Å²) in [6.45, 7) is 2.08. The van der Waals surface area contributed by atoms with Gasteiger partial charge in [0.25, 0.3) is 0 Å². The van der Waals surface area contributed by atoms with Gasteiger partial charge < -0.3 is 15.7 Å². The van der Waals surface area contributed by atoms with Crippen molar-refractivity contribution in [1.29, 1.82) is 0 Å². The van der Waals surface area contributed by atoms with Crippen molar-refractivity contribution in [3.05, 3.63) is 29.8 Å². The van der Waals surface area contributed by atoms with Crippen molar-refractivity contribution in [1.82, 2.24) is 5.32 Å². The van der Waals surface area contributed by atoms with Crippen LogP contribution in [0.2, 0.25) is 0 Å². The lowest BCUT2D eigenvalue weighted by atomic mass is 9.75. The molecule has 0 saturated heterocycles. The van der Waals surface area contributed by atoms with Crippen LogP contribution in [0.15, 0.2) is 24.3 Å². The molecule has 1 aliphatic carbocycles. The van der Waals surface area contributed by atoms with E-state index in [1.165, 1.54) is 0 Å². The van der Waals surface area contributed by atoms with Crippen LogP contribution in [0.25, 0.3) is 0 Å². The zero-order chi connectivity index (χ0) is 15.3. The number of nitrogens with one attached hydrogen (secondary N) is 2. The van der Waals surface area contributed by atoms with Gasteiger partial charge in [-0.05, 0) is 43.7 Å². The number of benzene rings is 1. The highest BCUT2D eigenvalue weighted by Crippen LogP contribution is 2.34. The van der Waals surface area contributed by atoms with Gasteiger partial charge in [0.2, 0.25) is 0 Å². The maximum atomic E-state index is 12.1. The summed E-state index contributed by atoms with van der Waals surface area (Å²) in [6.07, 6.45) is 4.60. The Morgan fingerprint density at radius 1 is 1.29 bits per heavy atom. The number of hydrogen-bond acceptors (Lipinski definition) is 2. The predicted octanol–water partition coefficient (Wildman–Crippen LogP) is 3.16. The summed E-state index contributed by atoms with van der Waals surface area (Å²) in [5.74, 6) is -0.839. The lowest BCUT2D eigenvalue weighted by molar-refractivity contribution is -0.136. The molecule has 1 aromatic rings. The number of rotatable bonds is 6. The molecule has 0 spiro atoms. The van der Waals surface area contributed by atoms with Crippen molar-refractivity contribution in [3.63, 3.8) is 0 Å². The molecular weight excluding hydrogens is 268 g/mol. The Kier molecular flexibility index (Phi) is 4.83. The number of amides is 2. The molecule has 0 bridgehead atoms. The van der Waals surface area contributed by atoms with Crippen LogP contribution in [-0.2, 0) is 11.2 Å². The minimum absolute atomic E-state index is 0.0548. The van der Waals surface area contributed by atoms with Gasteiger partial charge in [0.05, 0.1) is 0 Å². The second-order valence-corrected chi connectivity index (χ2v) is 5.62. The van der Waals surface area contributed by atoms with E-state index in [9.17, 15) is 9.59 Å². The fourth-order valence-electron chi connectivity index (χ4n) is 2.67. The first kappa shape index (κ1) is 15.4. The Bertz CT molecular complexity index is 518. The van der Waals surface area contributed by atoms with E-state index in [1.807, 2.05) is 18.2 Å². The van der Waals surface area contributed by atoms with E-state index in [-0.39, 0.29) is 18.0 Å². The Morgan fingerprint density at radius 2 is 2.00 bits per heavy atom. The standard InChI is InChI=1S/C16H22N2O3/c1-2-16(10-5-11-16)18-15(21)17-13-7-4-3-6-12(13)8-9-14(19)20/h3-4,6-7H,2,5,8-11H2,1H3,(H,19,20)(H2,17,18,21). The molecule has 1 fully saturated rings. The highest BCUT2D eigenvalue weighted by atomic mass is 16.4. The van der Waals surface area contributed by atoms with Crippen molar-refractivity contribution in [3.8, 4) is 0 Å². The summed E-state index contributed by atoms with van der Waals surface area (Å²) in [4.78, 5) is 22.8. The SMILES string of the molecule is CCC1(NC(=O)Nc2ccccc2CCC(=O)O)CCC1. The van der Waals surface area contributed by atoms with E-state index in [4.69, 9.17) is 5.11 Å². The quantitative estimate of drug-likeness (QED) is 0.753. The number of carboxylic acid groups (broad SMARTS) is 1. The Labute approximate surface area is 124 Å². The first-order valence-electron chi connectivity index (χ1n) is 7.43. The molecule has 0 aliphatic heterocycles. The molecule has 0 radical (unpaired) electrons. The minimum atomic E-state index is -0.839. The lowest BCUT2D eigenvalue weighted by Gasteiger charge is -2.41. The molecule has 5 heteroatoms. The van der Waals surface area contributed by atoms with Gasteiger partial charge in [-0.25, -0.2) is 4.79 Å². The summed E-state index contributed by atoms with van der Waals surface area (Å²) in [5.41, 5.74) is 1.47. The molecule has 2 rings (SSSR count). The van der Waals surface area contributed by atoms with Crippen LogP contribution in [0.4, 0.5) is 10.5 Å². The average Bonchev–Trinajstić information content (AvgIpc) is 2.42. The Hall–Kier alpha value is -2.04.